The van der Waals surface area contributed by atoms with Gasteiger partial charge in [-0.3, -0.25) is 9.69 Å². The summed E-state index contributed by atoms with van der Waals surface area (Å²) in [6.07, 6.45) is 4.31. The molecule has 3 aromatic rings. The summed E-state index contributed by atoms with van der Waals surface area (Å²) in [6, 6.07) is 18.2. The molecule has 1 aliphatic rings. The molecule has 0 radical (unpaired) electrons. The van der Waals surface area contributed by atoms with E-state index in [2.05, 4.69) is 23.2 Å². The number of carbonyl (C=O) groups is 1. The lowest BCUT2D eigenvalue weighted by atomic mass is 9.95. The van der Waals surface area contributed by atoms with Gasteiger partial charge >= 0.3 is 0 Å². The third-order valence-corrected chi connectivity index (χ3v) is 6.88. The molecule has 1 atom stereocenters. The fraction of sp³-hybridized carbons (Fsp3) is 0.320. The zero-order chi connectivity index (χ0) is 20.9. The van der Waals surface area contributed by atoms with E-state index in [1.54, 1.807) is 17.4 Å². The molecule has 0 unspecified atom stereocenters. The van der Waals surface area contributed by atoms with Crippen molar-refractivity contribution >= 4 is 22.2 Å². The normalized spacial score (nSPS) is 15.7. The van der Waals surface area contributed by atoms with Crippen LogP contribution < -0.4 is 5.32 Å². The predicted molar refractivity (Wildman–Crippen MR) is 122 cm³/mol. The van der Waals surface area contributed by atoms with Crippen LogP contribution in [0.3, 0.4) is 0 Å². The number of likely N-dealkylation sites (tertiary alicyclic amines) is 1. The summed E-state index contributed by atoms with van der Waals surface area (Å²) in [5.74, 6) is -0.329. The highest BCUT2D eigenvalue weighted by Crippen LogP contribution is 2.41. The summed E-state index contributed by atoms with van der Waals surface area (Å²) < 4.78 is 14.9. The lowest BCUT2D eigenvalue weighted by Gasteiger charge is -2.35. The Bertz CT molecular complexity index is 995. The molecule has 30 heavy (non-hydrogen) atoms. The van der Waals surface area contributed by atoms with Crippen LogP contribution in [0.2, 0.25) is 0 Å². The first-order valence-electron chi connectivity index (χ1n) is 10.6. The van der Waals surface area contributed by atoms with Crippen molar-refractivity contribution in [1.82, 2.24) is 4.90 Å². The molecule has 1 aromatic heterocycles. The van der Waals surface area contributed by atoms with Crippen LogP contribution in [0.15, 0.2) is 60.7 Å². The van der Waals surface area contributed by atoms with E-state index in [9.17, 15) is 9.18 Å². The molecule has 1 saturated heterocycles. The third-order valence-electron chi connectivity index (χ3n) is 5.67. The Morgan fingerprint density at radius 3 is 2.43 bits per heavy atom. The number of hydrogen-bond donors (Lipinski definition) is 1. The number of anilines is 1. The number of piperidine rings is 1. The van der Waals surface area contributed by atoms with Gasteiger partial charge in [0.05, 0.1) is 6.04 Å². The van der Waals surface area contributed by atoms with Crippen molar-refractivity contribution in [3.8, 4) is 0 Å². The Hall–Kier alpha value is -2.50. The fourth-order valence-corrected chi connectivity index (χ4v) is 5.16. The van der Waals surface area contributed by atoms with Gasteiger partial charge in [0, 0.05) is 21.6 Å². The van der Waals surface area contributed by atoms with Crippen LogP contribution in [-0.4, -0.2) is 23.9 Å². The van der Waals surface area contributed by atoms with Crippen molar-refractivity contribution in [3.05, 3.63) is 88.0 Å². The number of amides is 1. The summed E-state index contributed by atoms with van der Waals surface area (Å²) in [6.45, 7) is 3.97. The smallest absolute Gasteiger partial charge is 0.256 e. The van der Waals surface area contributed by atoms with E-state index in [0.717, 1.165) is 42.9 Å². The van der Waals surface area contributed by atoms with E-state index in [4.69, 9.17) is 0 Å². The number of halogens is 1. The highest BCUT2D eigenvalue weighted by atomic mass is 32.1. The van der Waals surface area contributed by atoms with Crippen molar-refractivity contribution < 1.29 is 9.18 Å². The molecule has 2 aromatic carbocycles. The minimum absolute atomic E-state index is 0.132. The average Bonchev–Trinajstić information content (AvgIpc) is 3.19. The van der Waals surface area contributed by atoms with Gasteiger partial charge in [-0.2, -0.15) is 0 Å². The molecule has 3 nitrogen and oxygen atoms in total. The topological polar surface area (TPSA) is 32.3 Å². The maximum atomic E-state index is 14.9. The van der Waals surface area contributed by atoms with E-state index in [1.165, 1.54) is 17.4 Å². The first kappa shape index (κ1) is 20.8. The van der Waals surface area contributed by atoms with Crippen LogP contribution in [0.5, 0.6) is 0 Å². The Balaban J connectivity index is 1.75. The number of benzene rings is 2. The second-order valence-electron chi connectivity index (χ2n) is 7.69. The highest BCUT2D eigenvalue weighted by Gasteiger charge is 2.30. The second-order valence-corrected chi connectivity index (χ2v) is 8.83. The predicted octanol–water partition coefficient (Wildman–Crippen LogP) is 6.28. The largest absolute Gasteiger partial charge is 0.313 e. The number of nitrogens with one attached hydrogen (secondary N) is 1. The molecule has 0 saturated carbocycles. The van der Waals surface area contributed by atoms with Gasteiger partial charge in [-0.1, -0.05) is 49.7 Å². The second kappa shape index (κ2) is 9.54. The fourth-order valence-electron chi connectivity index (χ4n) is 4.13. The summed E-state index contributed by atoms with van der Waals surface area (Å²) in [7, 11) is 0. The molecule has 5 heteroatoms. The Morgan fingerprint density at radius 2 is 1.73 bits per heavy atom. The van der Waals surface area contributed by atoms with Crippen LogP contribution in [0.25, 0.3) is 0 Å². The van der Waals surface area contributed by atoms with E-state index >= 15 is 0 Å². The van der Waals surface area contributed by atoms with Crippen LogP contribution in [0.1, 0.15) is 58.6 Å². The van der Waals surface area contributed by atoms with Crippen molar-refractivity contribution in [3.63, 3.8) is 0 Å². The summed E-state index contributed by atoms with van der Waals surface area (Å²) in [5.41, 5.74) is 2.29. The maximum absolute atomic E-state index is 14.9. The number of thiophene rings is 1. The van der Waals surface area contributed by atoms with Crippen molar-refractivity contribution in [2.24, 2.45) is 0 Å². The molecular weight excluding hydrogens is 395 g/mol. The van der Waals surface area contributed by atoms with Crippen LogP contribution in [0.4, 0.5) is 9.39 Å². The molecule has 1 amide bonds. The summed E-state index contributed by atoms with van der Waals surface area (Å²) in [4.78, 5) is 16.4. The Morgan fingerprint density at radius 1 is 1.03 bits per heavy atom. The quantitative estimate of drug-likeness (QED) is 0.507. The minimum Gasteiger partial charge on any atom is -0.313 e. The zero-order valence-electron chi connectivity index (χ0n) is 17.2. The molecule has 2 heterocycles. The molecule has 1 N–H and O–H groups in total. The van der Waals surface area contributed by atoms with Gasteiger partial charge in [0.2, 0.25) is 0 Å². The van der Waals surface area contributed by atoms with E-state index in [1.807, 2.05) is 42.5 Å². The number of rotatable bonds is 6. The van der Waals surface area contributed by atoms with Gasteiger partial charge in [0.25, 0.3) is 5.91 Å². The van der Waals surface area contributed by atoms with Gasteiger partial charge in [0.15, 0.2) is 0 Å². The molecular formula is C25H27FN2OS. The van der Waals surface area contributed by atoms with Crippen LogP contribution in [-0.2, 0) is 6.42 Å². The maximum Gasteiger partial charge on any atom is 0.256 e. The average molecular weight is 423 g/mol. The first-order valence-corrected chi connectivity index (χ1v) is 11.5. The van der Waals surface area contributed by atoms with Gasteiger partial charge < -0.3 is 5.32 Å². The first-order chi connectivity index (χ1) is 14.7. The zero-order valence-corrected chi connectivity index (χ0v) is 18.1. The monoisotopic (exact) mass is 422 g/mol. The SMILES string of the molecule is CCc1cc([C@H](c2ccccc2F)N2CCCCC2)c(NC(=O)c2ccccc2)s1. The summed E-state index contributed by atoms with van der Waals surface area (Å²) >= 11 is 1.59. The number of carbonyl (C=O) groups excluding carboxylic acids is 1. The van der Waals surface area contributed by atoms with Gasteiger partial charge in [-0.15, -0.1) is 11.3 Å². The van der Waals surface area contributed by atoms with Gasteiger partial charge in [0.1, 0.15) is 10.8 Å². The van der Waals surface area contributed by atoms with E-state index in [0.29, 0.717) is 11.1 Å². The van der Waals surface area contributed by atoms with Gasteiger partial charge in [-0.25, -0.2) is 4.39 Å². The molecule has 1 aliphatic heterocycles. The van der Waals surface area contributed by atoms with Crippen molar-refractivity contribution in [1.29, 1.82) is 0 Å². The van der Waals surface area contributed by atoms with E-state index < -0.39 is 0 Å². The van der Waals surface area contributed by atoms with Crippen molar-refractivity contribution in [2.75, 3.05) is 18.4 Å². The number of nitrogens with zero attached hydrogens (tertiary/aromatic N) is 1. The lowest BCUT2D eigenvalue weighted by Crippen LogP contribution is -2.35. The molecule has 4 rings (SSSR count). The minimum atomic E-state index is -0.200. The van der Waals surface area contributed by atoms with Crippen LogP contribution >= 0.6 is 11.3 Å². The molecule has 0 spiro atoms. The highest BCUT2D eigenvalue weighted by molar-refractivity contribution is 7.16. The number of aryl methyl sites for hydroxylation is 1. The molecule has 156 valence electrons. The van der Waals surface area contributed by atoms with Crippen molar-refractivity contribution in [2.45, 2.75) is 38.6 Å². The van der Waals surface area contributed by atoms with Gasteiger partial charge in [-0.05, 0) is 56.6 Å². The molecule has 0 bridgehead atoms. The summed E-state index contributed by atoms with van der Waals surface area (Å²) in [5, 5.41) is 3.94. The van der Waals surface area contributed by atoms with Crippen LogP contribution in [0, 0.1) is 5.82 Å². The Kier molecular flexibility index (Phi) is 6.60. The Labute approximate surface area is 181 Å². The standard InChI is InChI=1S/C25H27FN2OS/c1-2-19-17-21(25(30-19)27-24(29)18-11-5-3-6-12-18)23(28-15-9-4-10-16-28)20-13-7-8-14-22(20)26/h3,5-8,11-14,17,23H,2,4,9-10,15-16H2,1H3,(H,27,29)/t23-/m0/s1. The van der Waals surface area contributed by atoms with E-state index in [-0.39, 0.29) is 17.8 Å². The number of hydrogen-bond acceptors (Lipinski definition) is 3. The molecule has 1 fully saturated rings. The third kappa shape index (κ3) is 4.47. The lowest BCUT2D eigenvalue weighted by molar-refractivity contribution is 0.102. The molecule has 0 aliphatic carbocycles.